The summed E-state index contributed by atoms with van der Waals surface area (Å²) in [7, 11) is 1.23. The summed E-state index contributed by atoms with van der Waals surface area (Å²) in [6.45, 7) is 0.328. The Balaban J connectivity index is 2.28. The molecule has 19 heavy (non-hydrogen) atoms. The largest absolute Gasteiger partial charge is 0.467 e. The van der Waals surface area contributed by atoms with Gasteiger partial charge in [0.1, 0.15) is 17.7 Å². The third-order valence-corrected chi connectivity index (χ3v) is 3.15. The second-order valence-electron chi connectivity index (χ2n) is 4.30. The number of hydrogen-bond donors (Lipinski definition) is 0. The van der Waals surface area contributed by atoms with E-state index in [1.54, 1.807) is 0 Å². The second kappa shape index (κ2) is 5.34. The molecule has 0 aromatic heterocycles. The lowest BCUT2D eigenvalue weighted by Gasteiger charge is -2.22. The molecule has 0 aliphatic carbocycles. The zero-order valence-electron chi connectivity index (χ0n) is 10.4. The lowest BCUT2D eigenvalue weighted by atomic mass is 10.1. The Kier molecular flexibility index (Phi) is 3.78. The van der Waals surface area contributed by atoms with Crippen molar-refractivity contribution in [3.8, 4) is 0 Å². The topological polar surface area (TPSA) is 46.6 Å². The minimum atomic E-state index is -0.804. The van der Waals surface area contributed by atoms with Gasteiger partial charge in [0, 0.05) is 6.54 Å². The van der Waals surface area contributed by atoms with E-state index >= 15 is 0 Å². The maximum absolute atomic E-state index is 13.6. The van der Waals surface area contributed by atoms with Crippen molar-refractivity contribution < 1.29 is 23.1 Å². The zero-order chi connectivity index (χ0) is 14.0. The molecule has 2 rings (SSSR count). The molecule has 0 radical (unpaired) electrons. The first-order chi connectivity index (χ1) is 9.04. The van der Waals surface area contributed by atoms with Crippen LogP contribution in [0.1, 0.15) is 23.2 Å². The van der Waals surface area contributed by atoms with Crippen molar-refractivity contribution in [1.82, 2.24) is 4.90 Å². The van der Waals surface area contributed by atoms with Crippen LogP contribution in [-0.4, -0.2) is 36.5 Å². The number of rotatable bonds is 2. The normalized spacial score (nSPS) is 18.5. The third kappa shape index (κ3) is 2.57. The van der Waals surface area contributed by atoms with E-state index in [4.69, 9.17) is 0 Å². The molecule has 0 saturated carbocycles. The van der Waals surface area contributed by atoms with E-state index in [9.17, 15) is 18.4 Å². The zero-order valence-corrected chi connectivity index (χ0v) is 10.4. The van der Waals surface area contributed by atoms with Gasteiger partial charge in [-0.1, -0.05) is 0 Å². The van der Waals surface area contributed by atoms with Gasteiger partial charge in [-0.05, 0) is 31.0 Å². The number of carbonyl (C=O) groups excluding carboxylic acids is 2. The van der Waals surface area contributed by atoms with Gasteiger partial charge >= 0.3 is 5.97 Å². The standard InChI is InChI=1S/C13H13F2NO3/c1-19-13(18)11-3-2-6-16(11)12(17)9-7-8(14)4-5-10(9)15/h4-5,7,11H,2-3,6H2,1H3. The van der Waals surface area contributed by atoms with Crippen molar-refractivity contribution in [3.63, 3.8) is 0 Å². The average molecular weight is 269 g/mol. The molecule has 1 heterocycles. The van der Waals surface area contributed by atoms with Gasteiger partial charge in [0.25, 0.3) is 5.91 Å². The molecule has 102 valence electrons. The van der Waals surface area contributed by atoms with Crippen LogP contribution in [0.4, 0.5) is 8.78 Å². The van der Waals surface area contributed by atoms with Crippen LogP contribution in [0.2, 0.25) is 0 Å². The van der Waals surface area contributed by atoms with Gasteiger partial charge < -0.3 is 9.64 Å². The molecule has 0 N–H and O–H groups in total. The Morgan fingerprint density at radius 3 is 2.79 bits per heavy atom. The lowest BCUT2D eigenvalue weighted by Crippen LogP contribution is -2.41. The Labute approximate surface area is 109 Å². The fourth-order valence-corrected chi connectivity index (χ4v) is 2.21. The highest BCUT2D eigenvalue weighted by molar-refractivity contribution is 5.97. The minimum Gasteiger partial charge on any atom is -0.467 e. The van der Waals surface area contributed by atoms with E-state index in [1.807, 2.05) is 0 Å². The predicted molar refractivity (Wildman–Crippen MR) is 62.4 cm³/mol. The number of methoxy groups -OCH3 is 1. The maximum Gasteiger partial charge on any atom is 0.328 e. The third-order valence-electron chi connectivity index (χ3n) is 3.15. The summed E-state index contributed by atoms with van der Waals surface area (Å²) in [5, 5.41) is 0. The number of nitrogens with zero attached hydrogens (tertiary/aromatic N) is 1. The molecule has 1 aromatic rings. The van der Waals surface area contributed by atoms with Crippen molar-refractivity contribution in [2.75, 3.05) is 13.7 Å². The molecule has 0 spiro atoms. The molecule has 6 heteroatoms. The van der Waals surface area contributed by atoms with Gasteiger partial charge in [-0.2, -0.15) is 0 Å². The number of amides is 1. The second-order valence-corrected chi connectivity index (χ2v) is 4.30. The van der Waals surface area contributed by atoms with Crippen LogP contribution in [0.5, 0.6) is 0 Å². The summed E-state index contributed by atoms with van der Waals surface area (Å²) in [6.07, 6.45) is 1.10. The van der Waals surface area contributed by atoms with E-state index in [0.717, 1.165) is 18.2 Å². The number of carbonyl (C=O) groups is 2. The molecule has 1 unspecified atom stereocenters. The van der Waals surface area contributed by atoms with Gasteiger partial charge in [0.15, 0.2) is 0 Å². The fourth-order valence-electron chi connectivity index (χ4n) is 2.21. The van der Waals surface area contributed by atoms with Crippen LogP contribution >= 0.6 is 0 Å². The number of esters is 1. The summed E-state index contributed by atoms with van der Waals surface area (Å²) >= 11 is 0. The lowest BCUT2D eigenvalue weighted by molar-refractivity contribution is -0.145. The summed E-state index contributed by atoms with van der Waals surface area (Å²) in [5.41, 5.74) is -0.365. The quantitative estimate of drug-likeness (QED) is 0.768. The van der Waals surface area contributed by atoms with Crippen LogP contribution in [-0.2, 0) is 9.53 Å². The van der Waals surface area contributed by atoms with Crippen molar-refractivity contribution in [1.29, 1.82) is 0 Å². The van der Waals surface area contributed by atoms with Crippen molar-refractivity contribution in [2.45, 2.75) is 18.9 Å². The van der Waals surface area contributed by atoms with Gasteiger partial charge in [-0.3, -0.25) is 4.79 Å². The summed E-state index contributed by atoms with van der Waals surface area (Å²) in [5.74, 6) is -2.73. The number of ether oxygens (including phenoxy) is 1. The van der Waals surface area contributed by atoms with Crippen LogP contribution in [0.3, 0.4) is 0 Å². The monoisotopic (exact) mass is 269 g/mol. The molecule has 0 bridgehead atoms. The van der Waals surface area contributed by atoms with E-state index in [2.05, 4.69) is 4.74 Å². The van der Waals surface area contributed by atoms with Crippen LogP contribution in [0.15, 0.2) is 18.2 Å². The first-order valence-electron chi connectivity index (χ1n) is 5.88. The average Bonchev–Trinajstić information content (AvgIpc) is 2.89. The molecule has 1 aliphatic heterocycles. The molecule has 1 fully saturated rings. The van der Waals surface area contributed by atoms with E-state index in [0.29, 0.717) is 19.4 Å². The summed E-state index contributed by atoms with van der Waals surface area (Å²) in [4.78, 5) is 24.9. The summed E-state index contributed by atoms with van der Waals surface area (Å²) in [6, 6.07) is 1.95. The van der Waals surface area contributed by atoms with E-state index < -0.39 is 29.6 Å². The van der Waals surface area contributed by atoms with E-state index in [-0.39, 0.29) is 5.56 Å². The van der Waals surface area contributed by atoms with Gasteiger partial charge in [0.05, 0.1) is 12.7 Å². The summed E-state index contributed by atoms with van der Waals surface area (Å²) < 4.78 is 31.2. The molecule has 4 nitrogen and oxygen atoms in total. The number of benzene rings is 1. The first kappa shape index (κ1) is 13.5. The molecule has 1 saturated heterocycles. The predicted octanol–water partition coefficient (Wildman–Crippen LogP) is 1.74. The van der Waals surface area contributed by atoms with Gasteiger partial charge in [-0.15, -0.1) is 0 Å². The van der Waals surface area contributed by atoms with Crippen LogP contribution in [0.25, 0.3) is 0 Å². The number of likely N-dealkylation sites (tertiary alicyclic amines) is 1. The smallest absolute Gasteiger partial charge is 0.328 e. The highest BCUT2D eigenvalue weighted by Gasteiger charge is 2.36. The van der Waals surface area contributed by atoms with Crippen molar-refractivity contribution in [2.24, 2.45) is 0 Å². The van der Waals surface area contributed by atoms with Gasteiger partial charge in [0.2, 0.25) is 0 Å². The van der Waals surface area contributed by atoms with Crippen molar-refractivity contribution >= 4 is 11.9 Å². The maximum atomic E-state index is 13.6. The highest BCUT2D eigenvalue weighted by Crippen LogP contribution is 2.22. The Morgan fingerprint density at radius 1 is 1.37 bits per heavy atom. The van der Waals surface area contributed by atoms with Crippen LogP contribution in [0, 0.1) is 11.6 Å². The Morgan fingerprint density at radius 2 is 2.11 bits per heavy atom. The number of halogens is 2. The Hall–Kier alpha value is -1.98. The molecule has 1 aromatic carbocycles. The Bertz CT molecular complexity index is 519. The van der Waals surface area contributed by atoms with Crippen molar-refractivity contribution in [3.05, 3.63) is 35.4 Å². The SMILES string of the molecule is COC(=O)C1CCCN1C(=O)c1cc(F)ccc1F. The molecule has 1 amide bonds. The van der Waals surface area contributed by atoms with Crippen LogP contribution < -0.4 is 0 Å². The first-order valence-corrected chi connectivity index (χ1v) is 5.88. The highest BCUT2D eigenvalue weighted by atomic mass is 19.1. The molecular weight excluding hydrogens is 256 g/mol. The number of hydrogen-bond acceptors (Lipinski definition) is 3. The minimum absolute atomic E-state index is 0.328. The van der Waals surface area contributed by atoms with E-state index in [1.165, 1.54) is 12.0 Å². The molecule has 1 aliphatic rings. The molecule has 1 atom stereocenters. The van der Waals surface area contributed by atoms with Gasteiger partial charge in [-0.25, -0.2) is 13.6 Å². The molecular formula is C13H13F2NO3. The fraction of sp³-hybridized carbons (Fsp3) is 0.385.